The second-order valence-electron chi connectivity index (χ2n) is 9.14. The van der Waals surface area contributed by atoms with E-state index < -0.39 is 0 Å². The lowest BCUT2D eigenvalue weighted by Gasteiger charge is -2.29. The minimum atomic E-state index is -0.0272. The lowest BCUT2D eigenvalue weighted by Crippen LogP contribution is -2.31. The van der Waals surface area contributed by atoms with Gasteiger partial charge in [0, 0.05) is 55.4 Å². The third kappa shape index (κ3) is 3.34. The maximum atomic E-state index is 13.1. The Morgan fingerprint density at radius 1 is 1.09 bits per heavy atom. The van der Waals surface area contributed by atoms with Crippen molar-refractivity contribution in [3.63, 3.8) is 0 Å². The smallest absolute Gasteiger partial charge is 0.273 e. The Morgan fingerprint density at radius 2 is 1.94 bits per heavy atom. The van der Waals surface area contributed by atoms with E-state index in [2.05, 4.69) is 22.1 Å². The summed E-state index contributed by atoms with van der Waals surface area (Å²) in [7, 11) is 1.84. The first-order valence-electron chi connectivity index (χ1n) is 11.4. The lowest BCUT2D eigenvalue weighted by molar-refractivity contribution is -0.118. The summed E-state index contributed by atoms with van der Waals surface area (Å²) in [6.45, 7) is 4.01. The van der Waals surface area contributed by atoms with Crippen molar-refractivity contribution in [3.05, 3.63) is 75.7 Å². The molecule has 3 heterocycles. The molecule has 6 nitrogen and oxygen atoms in total. The molecule has 0 spiro atoms. The zero-order valence-corrected chi connectivity index (χ0v) is 18.8. The molecule has 0 saturated carbocycles. The van der Waals surface area contributed by atoms with Crippen LogP contribution in [0.3, 0.4) is 0 Å². The first kappa shape index (κ1) is 20.6. The van der Waals surface area contributed by atoms with Gasteiger partial charge < -0.3 is 9.47 Å². The molecular formula is C26H28N4O2. The molecule has 0 bridgehead atoms. The van der Waals surface area contributed by atoms with Crippen LogP contribution in [-0.4, -0.2) is 27.5 Å². The predicted molar refractivity (Wildman–Crippen MR) is 125 cm³/mol. The maximum absolute atomic E-state index is 13.1. The molecule has 3 aromatic rings. The van der Waals surface area contributed by atoms with Crippen LogP contribution in [0.4, 0.5) is 5.69 Å². The van der Waals surface area contributed by atoms with Crippen LogP contribution in [0.1, 0.15) is 67.5 Å². The van der Waals surface area contributed by atoms with Gasteiger partial charge >= 0.3 is 0 Å². The maximum Gasteiger partial charge on any atom is 0.273 e. The van der Waals surface area contributed by atoms with Gasteiger partial charge in [0.25, 0.3) is 5.56 Å². The molecule has 1 amide bonds. The number of rotatable bonds is 3. The zero-order valence-electron chi connectivity index (χ0n) is 18.8. The Labute approximate surface area is 188 Å². The number of benzene rings is 1. The summed E-state index contributed by atoms with van der Waals surface area (Å²) in [6.07, 6.45) is 11.6. The van der Waals surface area contributed by atoms with E-state index in [9.17, 15) is 9.59 Å². The van der Waals surface area contributed by atoms with Gasteiger partial charge in [-0.1, -0.05) is 19.9 Å². The van der Waals surface area contributed by atoms with Crippen molar-refractivity contribution in [2.24, 2.45) is 0 Å². The highest BCUT2D eigenvalue weighted by Crippen LogP contribution is 2.39. The van der Waals surface area contributed by atoms with Crippen molar-refractivity contribution >= 4 is 11.6 Å². The average Bonchev–Trinajstić information content (AvgIpc) is 2.80. The number of amides is 1. The van der Waals surface area contributed by atoms with Crippen LogP contribution in [0.15, 0.2) is 47.8 Å². The molecule has 0 radical (unpaired) electrons. The quantitative estimate of drug-likeness (QED) is 0.625. The van der Waals surface area contributed by atoms with Gasteiger partial charge in [-0.2, -0.15) is 0 Å². The van der Waals surface area contributed by atoms with Gasteiger partial charge in [-0.25, -0.2) is 0 Å². The number of hydrogen-bond acceptors (Lipinski definition) is 4. The first-order valence-corrected chi connectivity index (χ1v) is 11.4. The van der Waals surface area contributed by atoms with Crippen molar-refractivity contribution in [2.45, 2.75) is 57.9 Å². The normalized spacial score (nSPS) is 17.9. The van der Waals surface area contributed by atoms with E-state index in [4.69, 9.17) is 0 Å². The number of fused-ring (bicyclic) bond motifs is 2. The fraction of sp³-hybridized carbons (Fsp3) is 0.385. The van der Waals surface area contributed by atoms with E-state index >= 15 is 0 Å². The minimum Gasteiger partial charge on any atom is -0.315 e. The average molecular weight is 429 g/mol. The van der Waals surface area contributed by atoms with E-state index in [1.807, 2.05) is 50.1 Å². The summed E-state index contributed by atoms with van der Waals surface area (Å²) in [5.74, 6) is 0.249. The van der Waals surface area contributed by atoms with Gasteiger partial charge in [0.1, 0.15) is 5.69 Å². The van der Waals surface area contributed by atoms with Crippen LogP contribution >= 0.6 is 0 Å². The van der Waals surface area contributed by atoms with Crippen LogP contribution in [0.25, 0.3) is 11.1 Å². The number of anilines is 1. The number of pyridine rings is 1. The molecule has 164 valence electrons. The molecule has 2 aliphatic rings. The van der Waals surface area contributed by atoms with Gasteiger partial charge in [-0.3, -0.25) is 19.6 Å². The molecule has 1 atom stereocenters. The van der Waals surface area contributed by atoms with Crippen LogP contribution < -0.4 is 10.5 Å². The summed E-state index contributed by atoms with van der Waals surface area (Å²) >= 11 is 0. The lowest BCUT2D eigenvalue weighted by atomic mass is 9.84. The Kier molecular flexibility index (Phi) is 5.16. The van der Waals surface area contributed by atoms with Crippen LogP contribution in [-0.2, 0) is 17.6 Å². The number of aromatic nitrogens is 3. The summed E-state index contributed by atoms with van der Waals surface area (Å²) < 4.78 is 1.85. The summed E-state index contributed by atoms with van der Waals surface area (Å²) in [5.41, 5.74) is 7.44. The fourth-order valence-corrected chi connectivity index (χ4v) is 5.14. The number of nitrogens with zero attached hydrogens (tertiary/aromatic N) is 4. The molecule has 0 saturated heterocycles. The summed E-state index contributed by atoms with van der Waals surface area (Å²) in [5, 5.41) is 0. The number of aryl methyl sites for hydroxylation is 1. The molecule has 6 heteroatoms. The molecule has 5 rings (SSSR count). The van der Waals surface area contributed by atoms with E-state index in [0.717, 1.165) is 48.1 Å². The van der Waals surface area contributed by atoms with Crippen molar-refractivity contribution in [1.82, 2.24) is 14.5 Å². The van der Waals surface area contributed by atoms with Gasteiger partial charge in [0.15, 0.2) is 0 Å². The van der Waals surface area contributed by atoms with Gasteiger partial charge in [0.2, 0.25) is 5.91 Å². The highest BCUT2D eigenvalue weighted by molar-refractivity contribution is 5.96. The molecule has 1 aliphatic heterocycles. The van der Waals surface area contributed by atoms with E-state index in [0.29, 0.717) is 12.1 Å². The number of carbonyl (C=O) groups is 1. The molecule has 0 N–H and O–H groups in total. The van der Waals surface area contributed by atoms with Gasteiger partial charge in [-0.15, -0.1) is 0 Å². The second kappa shape index (κ2) is 8.01. The Bertz CT molecular complexity index is 1260. The third-order valence-corrected chi connectivity index (χ3v) is 6.87. The fourth-order valence-electron chi connectivity index (χ4n) is 5.14. The molecule has 0 fully saturated rings. The van der Waals surface area contributed by atoms with E-state index in [-0.39, 0.29) is 23.4 Å². The van der Waals surface area contributed by atoms with Crippen LogP contribution in [0, 0.1) is 0 Å². The third-order valence-electron chi connectivity index (χ3n) is 6.87. The standard InChI is InChI=1S/C26H28N4O2/c1-16(2)25-26(32)30(12-11-28-25)23-6-4-5-19-20(14-27-15-21(19)23)17-7-9-22-18(13-17)8-10-24(31)29(22)3/h7,9,11-16,23H,4-6,8,10H2,1-3H3/t23-/m1/s1. The predicted octanol–water partition coefficient (Wildman–Crippen LogP) is 4.26. The van der Waals surface area contributed by atoms with Crippen molar-refractivity contribution in [2.75, 3.05) is 11.9 Å². The van der Waals surface area contributed by atoms with Gasteiger partial charge in [-0.05, 0) is 60.1 Å². The van der Waals surface area contributed by atoms with E-state index in [1.54, 1.807) is 11.1 Å². The van der Waals surface area contributed by atoms with E-state index in [1.165, 1.54) is 11.1 Å². The molecule has 0 unspecified atom stereocenters. The van der Waals surface area contributed by atoms with Crippen molar-refractivity contribution < 1.29 is 4.79 Å². The molecule has 32 heavy (non-hydrogen) atoms. The summed E-state index contributed by atoms with van der Waals surface area (Å²) in [6, 6.07) is 6.31. The SMILES string of the molecule is CC(C)c1nccn([C@@H]2CCCc3c(-c4ccc5c(c4)CCC(=O)N5C)cncc32)c1=O. The number of carbonyl (C=O) groups excluding carboxylic acids is 1. The minimum absolute atomic E-state index is 0.00719. The summed E-state index contributed by atoms with van der Waals surface area (Å²) in [4.78, 5) is 35.9. The molecule has 2 aromatic heterocycles. The van der Waals surface area contributed by atoms with Crippen molar-refractivity contribution in [1.29, 1.82) is 0 Å². The molecule has 1 aromatic carbocycles. The highest BCUT2D eigenvalue weighted by atomic mass is 16.2. The largest absolute Gasteiger partial charge is 0.315 e. The highest BCUT2D eigenvalue weighted by Gasteiger charge is 2.27. The zero-order chi connectivity index (χ0) is 22.4. The van der Waals surface area contributed by atoms with Crippen LogP contribution in [0.5, 0.6) is 0 Å². The second-order valence-corrected chi connectivity index (χ2v) is 9.14. The monoisotopic (exact) mass is 428 g/mol. The Hall–Kier alpha value is -3.28. The molecule has 1 aliphatic carbocycles. The molecular weight excluding hydrogens is 400 g/mol. The van der Waals surface area contributed by atoms with Crippen LogP contribution in [0.2, 0.25) is 0 Å². The first-order chi connectivity index (χ1) is 15.5. The Balaban J connectivity index is 1.59. The Morgan fingerprint density at radius 3 is 2.75 bits per heavy atom. The topological polar surface area (TPSA) is 68.1 Å². The van der Waals surface area contributed by atoms with Gasteiger partial charge in [0.05, 0.1) is 6.04 Å². The number of hydrogen-bond donors (Lipinski definition) is 0. The van der Waals surface area contributed by atoms with Crippen molar-refractivity contribution in [3.8, 4) is 11.1 Å².